The first-order valence-electron chi connectivity index (χ1n) is 7.15. The number of ether oxygens (including phenoxy) is 2. The Balaban J connectivity index is 2.17. The van der Waals surface area contributed by atoms with E-state index in [9.17, 15) is 14.4 Å². The topological polar surface area (TPSA) is 99.5 Å². The fourth-order valence-corrected chi connectivity index (χ4v) is 3.39. The van der Waals surface area contributed by atoms with Crippen molar-refractivity contribution in [1.82, 2.24) is 9.78 Å². The van der Waals surface area contributed by atoms with Gasteiger partial charge in [-0.05, 0) is 12.5 Å². The van der Waals surface area contributed by atoms with Gasteiger partial charge in [-0.3, -0.25) is 9.48 Å². The Hall–Kier alpha value is -2.39. The van der Waals surface area contributed by atoms with Crippen LogP contribution < -0.4 is 5.32 Å². The Kier molecular flexibility index (Phi) is 6.16. The normalized spacial score (nSPS) is 10.4. The summed E-state index contributed by atoms with van der Waals surface area (Å²) in [6, 6.07) is 0. The van der Waals surface area contributed by atoms with Gasteiger partial charge in [-0.1, -0.05) is 11.6 Å². The van der Waals surface area contributed by atoms with Crippen LogP contribution in [0.3, 0.4) is 0 Å². The minimum Gasteiger partial charge on any atom is -0.465 e. The zero-order valence-corrected chi connectivity index (χ0v) is 15.4. The monoisotopic (exact) mass is 385 g/mol. The third-order valence-corrected chi connectivity index (χ3v) is 4.71. The lowest BCUT2D eigenvalue weighted by atomic mass is 10.1. The molecule has 0 aliphatic heterocycles. The molecular weight excluding hydrogens is 370 g/mol. The van der Waals surface area contributed by atoms with Crippen LogP contribution in [0.1, 0.15) is 32.0 Å². The minimum absolute atomic E-state index is 0.114. The largest absolute Gasteiger partial charge is 0.465 e. The SMILES string of the molecule is COC(=O)c1sc(NC(=O)CCn2cc(Cl)cn2)c(C(=O)OC)c1C. The van der Waals surface area contributed by atoms with Crippen molar-refractivity contribution in [3.05, 3.63) is 33.4 Å². The lowest BCUT2D eigenvalue weighted by molar-refractivity contribution is -0.116. The van der Waals surface area contributed by atoms with Gasteiger partial charge in [0.05, 0.1) is 31.0 Å². The average molecular weight is 386 g/mol. The number of methoxy groups -OCH3 is 2. The predicted octanol–water partition coefficient (Wildman–Crippen LogP) is 2.51. The summed E-state index contributed by atoms with van der Waals surface area (Å²) >= 11 is 6.73. The summed E-state index contributed by atoms with van der Waals surface area (Å²) in [5.74, 6) is -1.56. The molecule has 0 saturated heterocycles. The first-order valence-corrected chi connectivity index (χ1v) is 8.34. The number of amides is 1. The molecule has 10 heteroatoms. The lowest BCUT2D eigenvalue weighted by Crippen LogP contribution is -2.16. The average Bonchev–Trinajstić information content (AvgIpc) is 3.15. The van der Waals surface area contributed by atoms with E-state index in [0.29, 0.717) is 17.1 Å². The van der Waals surface area contributed by atoms with Gasteiger partial charge in [0.2, 0.25) is 5.91 Å². The van der Waals surface area contributed by atoms with Gasteiger partial charge in [0.15, 0.2) is 0 Å². The number of anilines is 1. The second kappa shape index (κ2) is 8.13. The summed E-state index contributed by atoms with van der Waals surface area (Å²) in [5.41, 5.74) is 0.543. The molecule has 0 radical (unpaired) electrons. The van der Waals surface area contributed by atoms with Crippen LogP contribution in [0.5, 0.6) is 0 Å². The third kappa shape index (κ3) is 4.37. The van der Waals surface area contributed by atoms with Crippen molar-refractivity contribution in [3.63, 3.8) is 0 Å². The minimum atomic E-state index is -0.641. The molecule has 0 fully saturated rings. The van der Waals surface area contributed by atoms with Crippen LogP contribution in [0.2, 0.25) is 5.02 Å². The maximum absolute atomic E-state index is 12.2. The molecule has 1 amide bonds. The summed E-state index contributed by atoms with van der Waals surface area (Å²) in [6.45, 7) is 1.91. The highest BCUT2D eigenvalue weighted by Gasteiger charge is 2.26. The van der Waals surface area contributed by atoms with E-state index in [-0.39, 0.29) is 27.8 Å². The molecule has 2 rings (SSSR count). The molecule has 0 atom stereocenters. The molecule has 0 aliphatic rings. The fraction of sp³-hybridized carbons (Fsp3) is 0.333. The Labute approximate surface area is 152 Å². The van der Waals surface area contributed by atoms with E-state index in [1.165, 1.54) is 25.1 Å². The summed E-state index contributed by atoms with van der Waals surface area (Å²) < 4.78 is 11.0. The standard InChI is InChI=1S/C15H16ClN3O5S/c1-8-11(14(21)23-2)13(25-12(8)15(22)24-3)18-10(20)4-5-19-7-9(16)6-17-19/h6-7H,4-5H2,1-3H3,(H,18,20). The number of carbonyl (C=O) groups excluding carboxylic acids is 3. The van der Waals surface area contributed by atoms with Crippen LogP contribution in [0.25, 0.3) is 0 Å². The molecule has 0 aromatic carbocycles. The summed E-state index contributed by atoms with van der Waals surface area (Å²) in [5, 5.41) is 7.34. The highest BCUT2D eigenvalue weighted by Crippen LogP contribution is 2.34. The molecule has 0 aliphatic carbocycles. The lowest BCUT2D eigenvalue weighted by Gasteiger charge is -2.06. The number of nitrogens with one attached hydrogen (secondary N) is 1. The van der Waals surface area contributed by atoms with Gasteiger partial charge in [0.1, 0.15) is 9.88 Å². The predicted molar refractivity (Wildman–Crippen MR) is 92.2 cm³/mol. The van der Waals surface area contributed by atoms with Crippen LogP contribution in [0.4, 0.5) is 5.00 Å². The molecule has 2 aromatic rings. The zero-order valence-electron chi connectivity index (χ0n) is 13.8. The molecule has 2 aromatic heterocycles. The van der Waals surface area contributed by atoms with Gasteiger partial charge in [0.25, 0.3) is 0 Å². The second-order valence-corrected chi connectivity index (χ2v) is 6.42. The van der Waals surface area contributed by atoms with Gasteiger partial charge in [-0.15, -0.1) is 11.3 Å². The Morgan fingerprint density at radius 2 is 1.96 bits per heavy atom. The van der Waals surface area contributed by atoms with E-state index in [1.54, 1.807) is 13.1 Å². The molecule has 1 N–H and O–H groups in total. The maximum atomic E-state index is 12.2. The molecular formula is C15H16ClN3O5S. The number of aromatic nitrogens is 2. The number of carbonyl (C=O) groups is 3. The number of rotatable bonds is 6. The van der Waals surface area contributed by atoms with E-state index in [2.05, 4.69) is 10.4 Å². The van der Waals surface area contributed by atoms with Crippen molar-refractivity contribution in [2.24, 2.45) is 0 Å². The van der Waals surface area contributed by atoms with Crippen molar-refractivity contribution >= 4 is 45.8 Å². The number of hydrogen-bond donors (Lipinski definition) is 1. The van der Waals surface area contributed by atoms with Crippen LogP contribution in [-0.2, 0) is 20.8 Å². The quantitative estimate of drug-likeness (QED) is 0.767. The van der Waals surface area contributed by atoms with Crippen molar-refractivity contribution in [2.45, 2.75) is 19.9 Å². The molecule has 25 heavy (non-hydrogen) atoms. The molecule has 134 valence electrons. The molecule has 0 saturated carbocycles. The van der Waals surface area contributed by atoms with Crippen LogP contribution in [0.15, 0.2) is 12.4 Å². The molecule has 2 heterocycles. The Bertz CT molecular complexity index is 814. The number of nitrogens with zero attached hydrogens (tertiary/aromatic N) is 2. The number of aryl methyl sites for hydroxylation is 1. The summed E-state index contributed by atoms with van der Waals surface area (Å²) in [4.78, 5) is 36.2. The zero-order chi connectivity index (χ0) is 18.6. The molecule has 8 nitrogen and oxygen atoms in total. The van der Waals surface area contributed by atoms with Crippen molar-refractivity contribution in [1.29, 1.82) is 0 Å². The maximum Gasteiger partial charge on any atom is 0.348 e. The van der Waals surface area contributed by atoms with E-state index < -0.39 is 11.9 Å². The molecule has 0 spiro atoms. The fourth-order valence-electron chi connectivity index (χ4n) is 2.10. The smallest absolute Gasteiger partial charge is 0.348 e. The number of hydrogen-bond acceptors (Lipinski definition) is 7. The van der Waals surface area contributed by atoms with Gasteiger partial charge in [0, 0.05) is 19.2 Å². The highest BCUT2D eigenvalue weighted by molar-refractivity contribution is 7.18. The number of thiophene rings is 1. The summed E-state index contributed by atoms with van der Waals surface area (Å²) in [7, 11) is 2.47. The Morgan fingerprint density at radius 1 is 1.28 bits per heavy atom. The van der Waals surface area contributed by atoms with Gasteiger partial charge >= 0.3 is 11.9 Å². The third-order valence-electron chi connectivity index (χ3n) is 3.33. The van der Waals surface area contributed by atoms with Crippen LogP contribution in [-0.4, -0.2) is 41.8 Å². The first kappa shape index (κ1) is 18.9. The van der Waals surface area contributed by atoms with E-state index in [1.807, 2.05) is 0 Å². The number of halogens is 1. The van der Waals surface area contributed by atoms with Gasteiger partial charge in [-0.25, -0.2) is 9.59 Å². The van der Waals surface area contributed by atoms with Gasteiger partial charge in [-0.2, -0.15) is 5.10 Å². The summed E-state index contributed by atoms with van der Waals surface area (Å²) in [6.07, 6.45) is 3.18. The first-order chi connectivity index (χ1) is 11.9. The van der Waals surface area contributed by atoms with Crippen LogP contribution in [0, 0.1) is 6.92 Å². The van der Waals surface area contributed by atoms with Gasteiger partial charge < -0.3 is 14.8 Å². The van der Waals surface area contributed by atoms with Crippen LogP contribution >= 0.6 is 22.9 Å². The van der Waals surface area contributed by atoms with Crippen molar-refractivity contribution in [2.75, 3.05) is 19.5 Å². The molecule has 0 bridgehead atoms. The van der Waals surface area contributed by atoms with E-state index >= 15 is 0 Å². The van der Waals surface area contributed by atoms with E-state index in [0.717, 1.165) is 11.3 Å². The highest BCUT2D eigenvalue weighted by atomic mass is 35.5. The van der Waals surface area contributed by atoms with Crippen molar-refractivity contribution in [3.8, 4) is 0 Å². The number of esters is 2. The van der Waals surface area contributed by atoms with Crippen molar-refractivity contribution < 1.29 is 23.9 Å². The second-order valence-electron chi connectivity index (χ2n) is 4.96. The Morgan fingerprint density at radius 3 is 2.52 bits per heavy atom. The molecule has 0 unspecified atom stereocenters. The van der Waals surface area contributed by atoms with E-state index in [4.69, 9.17) is 21.1 Å².